The number of amides is 1. The molecule has 1 amide bonds. The van der Waals surface area contributed by atoms with Crippen LogP contribution in [0.15, 0.2) is 30.3 Å². The molecule has 0 aliphatic rings. The summed E-state index contributed by atoms with van der Waals surface area (Å²) in [5.74, 6) is 0. The summed E-state index contributed by atoms with van der Waals surface area (Å²) in [6.45, 7) is 8.90. The Balaban J connectivity index is 0.00000101. The van der Waals surface area contributed by atoms with E-state index in [1.165, 1.54) is 0 Å². The molecule has 0 saturated carbocycles. The molecule has 0 unspecified atom stereocenters. The molecule has 8 heteroatoms. The lowest BCUT2D eigenvalue weighted by molar-refractivity contribution is 0.0390. The Morgan fingerprint density at radius 3 is 2.00 bits per heavy atom. The van der Waals surface area contributed by atoms with Crippen molar-refractivity contribution in [2.24, 2.45) is 0 Å². The summed E-state index contributed by atoms with van der Waals surface area (Å²) in [5, 5.41) is 12.8. The summed E-state index contributed by atoms with van der Waals surface area (Å²) >= 11 is 0. The van der Waals surface area contributed by atoms with Gasteiger partial charge in [-0.1, -0.05) is 30.3 Å². The van der Waals surface area contributed by atoms with Gasteiger partial charge in [0.25, 0.3) is 0 Å². The molecule has 1 aromatic carbocycles. The van der Waals surface area contributed by atoms with Gasteiger partial charge in [-0.2, -0.15) is 0 Å². The SMILES string of the molecule is CC(C)(O)C[C@H](NC(=O)OC(C)(C)C)c1ccccc1.CS(=O)(=O)Cl. The monoisotopic (exact) mass is 393 g/mol. The number of carbonyl (C=O) groups is 1. The zero-order valence-corrected chi connectivity index (χ0v) is 17.1. The van der Waals surface area contributed by atoms with E-state index in [0.717, 1.165) is 11.8 Å². The first-order valence-corrected chi connectivity index (χ1v) is 10.4. The van der Waals surface area contributed by atoms with Crippen molar-refractivity contribution in [1.82, 2.24) is 5.32 Å². The number of aliphatic hydroxyl groups is 1. The van der Waals surface area contributed by atoms with Crippen molar-refractivity contribution in [2.75, 3.05) is 6.26 Å². The van der Waals surface area contributed by atoms with Crippen molar-refractivity contribution < 1.29 is 23.1 Å². The van der Waals surface area contributed by atoms with Crippen molar-refractivity contribution in [3.05, 3.63) is 35.9 Å². The molecule has 1 atom stereocenters. The number of nitrogens with one attached hydrogen (secondary N) is 1. The Morgan fingerprint density at radius 2 is 1.64 bits per heavy atom. The van der Waals surface area contributed by atoms with Crippen LogP contribution in [0, 0.1) is 0 Å². The molecule has 0 bridgehead atoms. The number of alkyl carbamates (subject to hydrolysis) is 1. The van der Waals surface area contributed by atoms with Gasteiger partial charge < -0.3 is 15.2 Å². The number of hydrogen-bond donors (Lipinski definition) is 2. The van der Waals surface area contributed by atoms with Crippen LogP contribution in [0.4, 0.5) is 4.79 Å². The minimum Gasteiger partial charge on any atom is -0.444 e. The molecule has 6 nitrogen and oxygen atoms in total. The van der Waals surface area contributed by atoms with Crippen LogP contribution in [0.2, 0.25) is 0 Å². The van der Waals surface area contributed by atoms with Gasteiger partial charge in [-0.3, -0.25) is 0 Å². The maximum atomic E-state index is 11.9. The first-order valence-electron chi connectivity index (χ1n) is 7.73. The van der Waals surface area contributed by atoms with Crippen LogP contribution in [0.1, 0.15) is 52.6 Å². The highest BCUT2D eigenvalue weighted by Gasteiger charge is 2.25. The Labute approximate surface area is 155 Å². The number of benzene rings is 1. The van der Waals surface area contributed by atoms with Crippen molar-refractivity contribution >= 4 is 25.8 Å². The number of ether oxygens (including phenoxy) is 1. The first kappa shape index (κ1) is 23.7. The summed E-state index contributed by atoms with van der Waals surface area (Å²) in [4.78, 5) is 11.9. The number of hydrogen-bond acceptors (Lipinski definition) is 5. The molecule has 0 spiro atoms. The highest BCUT2D eigenvalue weighted by atomic mass is 35.7. The highest BCUT2D eigenvalue weighted by molar-refractivity contribution is 8.13. The van der Waals surface area contributed by atoms with Crippen molar-refractivity contribution in [2.45, 2.75) is 58.3 Å². The molecule has 0 saturated heterocycles. The Morgan fingerprint density at radius 1 is 1.20 bits per heavy atom. The molecule has 0 aromatic heterocycles. The zero-order chi connectivity index (χ0) is 19.9. The van der Waals surface area contributed by atoms with Gasteiger partial charge in [0.1, 0.15) is 5.60 Å². The van der Waals surface area contributed by atoms with Crippen LogP contribution in [-0.4, -0.2) is 37.1 Å². The minimum absolute atomic E-state index is 0.286. The standard InChI is InChI=1S/C16H25NO3.CH3ClO2S/c1-15(2,3)20-14(18)17-13(11-16(4,5)19)12-9-7-6-8-10-12;1-5(2,3)4/h6-10,13,19H,11H2,1-5H3,(H,17,18);1H3/t13-;/m0./s1. The zero-order valence-electron chi connectivity index (χ0n) is 15.5. The van der Waals surface area contributed by atoms with E-state index >= 15 is 0 Å². The van der Waals surface area contributed by atoms with E-state index in [2.05, 4.69) is 16.0 Å². The topological polar surface area (TPSA) is 92.7 Å². The first-order chi connectivity index (χ1) is 11.1. The molecule has 0 radical (unpaired) electrons. The molecule has 1 aromatic rings. The van der Waals surface area contributed by atoms with Crippen molar-refractivity contribution in [3.8, 4) is 0 Å². The lowest BCUT2D eigenvalue weighted by Crippen LogP contribution is -2.37. The summed E-state index contributed by atoms with van der Waals surface area (Å²) in [6.07, 6.45) is 0.862. The number of halogens is 1. The molecule has 25 heavy (non-hydrogen) atoms. The Hall–Kier alpha value is -1.31. The molecule has 144 valence electrons. The average Bonchev–Trinajstić information content (AvgIpc) is 2.33. The summed E-state index contributed by atoms with van der Waals surface area (Å²) in [5.41, 5.74) is -0.476. The molecule has 0 aliphatic carbocycles. The largest absolute Gasteiger partial charge is 0.444 e. The van der Waals surface area contributed by atoms with Gasteiger partial charge in [0, 0.05) is 17.1 Å². The van der Waals surface area contributed by atoms with Gasteiger partial charge in [0.05, 0.1) is 17.9 Å². The third kappa shape index (κ3) is 15.9. The second-order valence-electron chi connectivity index (χ2n) is 7.31. The maximum absolute atomic E-state index is 11.9. The molecular formula is C17H28ClNO5S. The van der Waals surface area contributed by atoms with Crippen molar-refractivity contribution in [3.63, 3.8) is 0 Å². The summed E-state index contributed by atoms with van der Waals surface area (Å²) < 4.78 is 24.1. The third-order valence-corrected chi connectivity index (χ3v) is 2.60. The van der Waals surface area contributed by atoms with Crippen molar-refractivity contribution in [1.29, 1.82) is 0 Å². The van der Waals surface area contributed by atoms with E-state index in [9.17, 15) is 18.3 Å². The van der Waals surface area contributed by atoms with Crippen LogP contribution >= 0.6 is 10.7 Å². The quantitative estimate of drug-likeness (QED) is 0.762. The summed E-state index contributed by atoms with van der Waals surface area (Å²) in [6, 6.07) is 9.29. The van der Waals surface area contributed by atoms with Gasteiger partial charge in [0.15, 0.2) is 0 Å². The predicted octanol–water partition coefficient (Wildman–Crippen LogP) is 3.60. The van der Waals surface area contributed by atoms with E-state index < -0.39 is 26.3 Å². The number of rotatable bonds is 4. The maximum Gasteiger partial charge on any atom is 0.408 e. The Bertz CT molecular complexity index is 625. The fraction of sp³-hybridized carbons (Fsp3) is 0.588. The van der Waals surface area contributed by atoms with Gasteiger partial charge in [-0.15, -0.1) is 0 Å². The lowest BCUT2D eigenvalue weighted by Gasteiger charge is -2.28. The fourth-order valence-corrected chi connectivity index (χ4v) is 1.89. The van der Waals surface area contributed by atoms with Crippen LogP contribution in [0.3, 0.4) is 0 Å². The van der Waals surface area contributed by atoms with Crippen LogP contribution in [0.25, 0.3) is 0 Å². The van der Waals surface area contributed by atoms with Gasteiger partial charge in [0.2, 0.25) is 9.05 Å². The van der Waals surface area contributed by atoms with Gasteiger partial charge in [-0.25, -0.2) is 13.2 Å². The van der Waals surface area contributed by atoms with E-state index in [4.69, 9.17) is 4.74 Å². The second-order valence-corrected chi connectivity index (χ2v) is 10.4. The smallest absolute Gasteiger partial charge is 0.408 e. The van der Waals surface area contributed by atoms with E-state index in [-0.39, 0.29) is 6.04 Å². The van der Waals surface area contributed by atoms with Crippen LogP contribution in [-0.2, 0) is 13.8 Å². The molecule has 2 N–H and O–H groups in total. The third-order valence-electron chi connectivity index (χ3n) is 2.60. The minimum atomic E-state index is -3.19. The molecule has 0 aliphatic heterocycles. The second kappa shape index (κ2) is 9.40. The van der Waals surface area contributed by atoms with E-state index in [1.54, 1.807) is 13.8 Å². The van der Waals surface area contributed by atoms with E-state index in [0.29, 0.717) is 6.42 Å². The molecule has 1 rings (SSSR count). The van der Waals surface area contributed by atoms with Crippen LogP contribution in [0.5, 0.6) is 0 Å². The molecule has 0 heterocycles. The summed E-state index contributed by atoms with van der Waals surface area (Å²) in [7, 11) is 1.31. The van der Waals surface area contributed by atoms with Gasteiger partial charge >= 0.3 is 6.09 Å². The lowest BCUT2D eigenvalue weighted by atomic mass is 9.94. The van der Waals surface area contributed by atoms with Crippen LogP contribution < -0.4 is 5.32 Å². The molecule has 0 fully saturated rings. The predicted molar refractivity (Wildman–Crippen MR) is 100 cm³/mol. The number of carbonyl (C=O) groups excluding carboxylic acids is 1. The van der Waals surface area contributed by atoms with Gasteiger partial charge in [-0.05, 0) is 40.2 Å². The normalized spacial score (nSPS) is 13.3. The fourth-order valence-electron chi connectivity index (χ4n) is 1.89. The average molecular weight is 394 g/mol. The van der Waals surface area contributed by atoms with E-state index in [1.807, 2.05) is 51.1 Å². The molecular weight excluding hydrogens is 366 g/mol. The Kier molecular flexibility index (Phi) is 8.91. The highest BCUT2D eigenvalue weighted by Crippen LogP contribution is 2.24.